The number of rotatable bonds is 4. The molecule has 2 N–H and O–H groups in total. The average Bonchev–Trinajstić information content (AvgIpc) is 3.16. The summed E-state index contributed by atoms with van der Waals surface area (Å²) < 4.78 is 20.1. The van der Waals surface area contributed by atoms with E-state index in [2.05, 4.69) is 0 Å². The van der Waals surface area contributed by atoms with Crippen molar-refractivity contribution in [3.8, 4) is 11.1 Å². The minimum Gasteiger partial charge on any atom is -0.396 e. The standard InChI is InChI=1S/C22H24FNO4/c23-19-10-17(16-3-1-14(12-25)2-4-16)9-18(11-19)22(27)24-5-6-28-21-8-15(13-26)7-20(21)24/h1-4,9-11,15,20-21,25-26H,5-8,12-13H2/t15-,20+,21+/m1/s1. The first-order chi connectivity index (χ1) is 13.6. The summed E-state index contributed by atoms with van der Waals surface area (Å²) in [7, 11) is 0. The summed E-state index contributed by atoms with van der Waals surface area (Å²) in [5, 5.41) is 18.6. The zero-order chi connectivity index (χ0) is 19.7. The van der Waals surface area contributed by atoms with Crippen LogP contribution >= 0.6 is 0 Å². The van der Waals surface area contributed by atoms with E-state index in [0.717, 1.165) is 17.5 Å². The monoisotopic (exact) mass is 385 g/mol. The van der Waals surface area contributed by atoms with Crippen LogP contribution < -0.4 is 0 Å². The highest BCUT2D eigenvalue weighted by molar-refractivity contribution is 5.96. The van der Waals surface area contributed by atoms with Crippen molar-refractivity contribution in [1.82, 2.24) is 4.90 Å². The summed E-state index contributed by atoms with van der Waals surface area (Å²) in [5.74, 6) is -0.530. The molecule has 1 saturated heterocycles. The Hall–Kier alpha value is -2.28. The lowest BCUT2D eigenvalue weighted by Gasteiger charge is -2.37. The van der Waals surface area contributed by atoms with Gasteiger partial charge < -0.3 is 19.8 Å². The van der Waals surface area contributed by atoms with Crippen LogP contribution in [0.1, 0.15) is 28.8 Å². The van der Waals surface area contributed by atoms with Gasteiger partial charge in [-0.25, -0.2) is 4.39 Å². The number of amides is 1. The van der Waals surface area contributed by atoms with E-state index >= 15 is 0 Å². The molecule has 0 bridgehead atoms. The maximum absolute atomic E-state index is 14.3. The Morgan fingerprint density at radius 1 is 1.11 bits per heavy atom. The van der Waals surface area contributed by atoms with Crippen LogP contribution in [0.25, 0.3) is 11.1 Å². The topological polar surface area (TPSA) is 70.0 Å². The van der Waals surface area contributed by atoms with E-state index in [-0.39, 0.29) is 37.2 Å². The van der Waals surface area contributed by atoms with Crippen molar-refractivity contribution in [2.45, 2.75) is 31.6 Å². The fourth-order valence-corrected chi connectivity index (χ4v) is 4.30. The number of hydrogen-bond acceptors (Lipinski definition) is 4. The molecule has 1 saturated carbocycles. The van der Waals surface area contributed by atoms with Gasteiger partial charge in [-0.05, 0) is 53.6 Å². The quantitative estimate of drug-likeness (QED) is 0.849. The molecule has 3 atom stereocenters. The number of fused-ring (bicyclic) bond motifs is 1. The van der Waals surface area contributed by atoms with Crippen molar-refractivity contribution in [3.63, 3.8) is 0 Å². The van der Waals surface area contributed by atoms with Gasteiger partial charge in [-0.2, -0.15) is 0 Å². The minimum absolute atomic E-state index is 0.0540. The molecule has 2 aromatic carbocycles. The number of hydrogen-bond donors (Lipinski definition) is 2. The van der Waals surface area contributed by atoms with E-state index in [1.165, 1.54) is 12.1 Å². The number of halogens is 1. The van der Waals surface area contributed by atoms with Gasteiger partial charge in [-0.1, -0.05) is 24.3 Å². The zero-order valence-corrected chi connectivity index (χ0v) is 15.6. The van der Waals surface area contributed by atoms with Crippen molar-refractivity contribution >= 4 is 5.91 Å². The first-order valence-electron chi connectivity index (χ1n) is 9.63. The molecule has 1 amide bonds. The molecule has 148 valence electrons. The lowest BCUT2D eigenvalue weighted by atomic mass is 10.00. The van der Waals surface area contributed by atoms with Gasteiger partial charge in [0.05, 0.1) is 25.4 Å². The lowest BCUT2D eigenvalue weighted by molar-refractivity contribution is -0.0448. The molecule has 4 rings (SSSR count). The number of benzene rings is 2. The second kappa shape index (κ2) is 7.99. The van der Waals surface area contributed by atoms with Gasteiger partial charge in [0.15, 0.2) is 0 Å². The molecular formula is C22H24FNO4. The van der Waals surface area contributed by atoms with Gasteiger partial charge in [0.2, 0.25) is 0 Å². The van der Waals surface area contributed by atoms with Crippen molar-refractivity contribution in [2.75, 3.05) is 19.8 Å². The second-order valence-corrected chi connectivity index (χ2v) is 7.58. The van der Waals surface area contributed by atoms with Crippen molar-refractivity contribution in [2.24, 2.45) is 5.92 Å². The van der Waals surface area contributed by atoms with Crippen LogP contribution in [0.2, 0.25) is 0 Å². The first kappa shape index (κ1) is 19.1. The summed E-state index contributed by atoms with van der Waals surface area (Å²) in [6.07, 6.45) is 1.39. The highest BCUT2D eigenvalue weighted by atomic mass is 19.1. The Morgan fingerprint density at radius 2 is 1.89 bits per heavy atom. The number of aliphatic hydroxyl groups excluding tert-OH is 2. The third kappa shape index (κ3) is 3.68. The molecule has 0 aromatic heterocycles. The van der Waals surface area contributed by atoms with Gasteiger partial charge in [0, 0.05) is 18.7 Å². The van der Waals surface area contributed by atoms with E-state index in [0.29, 0.717) is 30.7 Å². The molecule has 2 aliphatic rings. The largest absolute Gasteiger partial charge is 0.396 e. The van der Waals surface area contributed by atoms with E-state index in [9.17, 15) is 19.4 Å². The number of nitrogens with zero attached hydrogens (tertiary/aromatic N) is 1. The van der Waals surface area contributed by atoms with Crippen LogP contribution in [-0.4, -0.2) is 52.9 Å². The maximum Gasteiger partial charge on any atom is 0.254 e. The summed E-state index contributed by atoms with van der Waals surface area (Å²) in [4.78, 5) is 15.0. The molecule has 5 nitrogen and oxygen atoms in total. The highest BCUT2D eigenvalue weighted by Gasteiger charge is 2.42. The van der Waals surface area contributed by atoms with Crippen molar-refractivity contribution in [3.05, 3.63) is 59.4 Å². The summed E-state index contributed by atoms with van der Waals surface area (Å²) in [5.41, 5.74) is 2.49. The molecule has 1 aliphatic heterocycles. The molecule has 0 spiro atoms. The Morgan fingerprint density at radius 3 is 2.61 bits per heavy atom. The molecule has 6 heteroatoms. The Labute approximate surface area is 163 Å². The Kier molecular flexibility index (Phi) is 5.44. The van der Waals surface area contributed by atoms with Crippen LogP contribution in [0.5, 0.6) is 0 Å². The Bertz CT molecular complexity index is 854. The first-order valence-corrected chi connectivity index (χ1v) is 9.63. The van der Waals surface area contributed by atoms with E-state index in [4.69, 9.17) is 4.74 Å². The average molecular weight is 385 g/mol. The van der Waals surface area contributed by atoms with E-state index in [1.54, 1.807) is 23.1 Å². The smallest absolute Gasteiger partial charge is 0.254 e. The number of carbonyl (C=O) groups is 1. The summed E-state index contributed by atoms with van der Waals surface area (Å²) in [6.45, 7) is 0.957. The number of morpholine rings is 1. The SMILES string of the molecule is O=C(c1cc(F)cc(-c2ccc(CO)cc2)c1)N1CCO[C@H]2C[C@H](CO)C[C@@H]21. The van der Waals surface area contributed by atoms with Gasteiger partial charge in [0.25, 0.3) is 5.91 Å². The Balaban J connectivity index is 1.61. The molecule has 1 heterocycles. The van der Waals surface area contributed by atoms with Crippen LogP contribution in [-0.2, 0) is 11.3 Å². The van der Waals surface area contributed by atoms with Gasteiger partial charge >= 0.3 is 0 Å². The van der Waals surface area contributed by atoms with E-state index < -0.39 is 5.82 Å². The van der Waals surface area contributed by atoms with Crippen LogP contribution in [0.3, 0.4) is 0 Å². The predicted molar refractivity (Wildman–Crippen MR) is 102 cm³/mol. The van der Waals surface area contributed by atoms with Gasteiger partial charge in [-0.3, -0.25) is 4.79 Å². The van der Waals surface area contributed by atoms with Crippen LogP contribution in [0.4, 0.5) is 4.39 Å². The second-order valence-electron chi connectivity index (χ2n) is 7.58. The number of carbonyl (C=O) groups excluding carboxylic acids is 1. The lowest BCUT2D eigenvalue weighted by Crippen LogP contribution is -2.51. The number of ether oxygens (including phenoxy) is 1. The van der Waals surface area contributed by atoms with Crippen LogP contribution in [0, 0.1) is 11.7 Å². The maximum atomic E-state index is 14.3. The highest BCUT2D eigenvalue weighted by Crippen LogP contribution is 2.35. The van der Waals surface area contributed by atoms with Crippen molar-refractivity contribution in [1.29, 1.82) is 0 Å². The molecule has 2 fully saturated rings. The van der Waals surface area contributed by atoms with Crippen molar-refractivity contribution < 1.29 is 24.1 Å². The summed E-state index contributed by atoms with van der Waals surface area (Å²) in [6, 6.07) is 11.5. The molecule has 28 heavy (non-hydrogen) atoms. The summed E-state index contributed by atoms with van der Waals surface area (Å²) >= 11 is 0. The third-order valence-corrected chi connectivity index (χ3v) is 5.77. The van der Waals surface area contributed by atoms with Crippen LogP contribution in [0.15, 0.2) is 42.5 Å². The van der Waals surface area contributed by atoms with E-state index in [1.807, 2.05) is 12.1 Å². The molecule has 2 aromatic rings. The van der Waals surface area contributed by atoms with Gasteiger partial charge in [0.1, 0.15) is 5.82 Å². The fourth-order valence-electron chi connectivity index (χ4n) is 4.30. The number of aliphatic hydroxyl groups is 2. The predicted octanol–water partition coefficient (Wildman–Crippen LogP) is 2.60. The normalized spacial score (nSPS) is 24.2. The fraction of sp³-hybridized carbons (Fsp3) is 0.409. The van der Waals surface area contributed by atoms with Gasteiger partial charge in [-0.15, -0.1) is 0 Å². The molecular weight excluding hydrogens is 361 g/mol. The molecule has 0 radical (unpaired) electrons. The molecule has 0 unspecified atom stereocenters. The minimum atomic E-state index is -0.462. The zero-order valence-electron chi connectivity index (χ0n) is 15.6. The molecule has 1 aliphatic carbocycles. The third-order valence-electron chi connectivity index (χ3n) is 5.77.